The monoisotopic (exact) mass is 309 g/mol. The molecule has 0 fully saturated rings. The highest BCUT2D eigenvalue weighted by Crippen LogP contribution is 2.27. The maximum Gasteiger partial charge on any atom is 0.0648 e. The van der Waals surface area contributed by atoms with Gasteiger partial charge in [0.25, 0.3) is 0 Å². The van der Waals surface area contributed by atoms with E-state index >= 15 is 0 Å². The van der Waals surface area contributed by atoms with Crippen molar-refractivity contribution >= 4 is 23.2 Å². The summed E-state index contributed by atoms with van der Waals surface area (Å²) in [6, 6.07) is 7.80. The number of aryl methyl sites for hydroxylation is 2. The highest BCUT2D eigenvalue weighted by molar-refractivity contribution is 6.35. The van der Waals surface area contributed by atoms with E-state index in [0.29, 0.717) is 10.0 Å². The lowest BCUT2D eigenvalue weighted by Crippen LogP contribution is -2.21. The summed E-state index contributed by atoms with van der Waals surface area (Å²) in [5, 5.41) is 12.9. The fourth-order valence-electron chi connectivity index (χ4n) is 2.20. The maximum absolute atomic E-state index is 6.25. The Kier molecular flexibility index (Phi) is 4.97. The lowest BCUT2D eigenvalue weighted by molar-refractivity contribution is 0.582. The van der Waals surface area contributed by atoms with Crippen molar-refractivity contribution in [3.05, 3.63) is 56.8 Å². The van der Waals surface area contributed by atoms with Crippen molar-refractivity contribution in [2.45, 2.75) is 26.3 Å². The first-order valence-corrected chi connectivity index (χ1v) is 7.19. The molecule has 0 aliphatic carbocycles. The van der Waals surface area contributed by atoms with Crippen LogP contribution in [0.3, 0.4) is 0 Å². The van der Waals surface area contributed by atoms with Gasteiger partial charge in [0.1, 0.15) is 0 Å². The summed E-state index contributed by atoms with van der Waals surface area (Å²) in [6.07, 6.45) is 0.776. The van der Waals surface area contributed by atoms with Gasteiger partial charge in [-0.1, -0.05) is 29.3 Å². The Balaban J connectivity index is 2.31. The molecule has 0 saturated carbocycles. The Morgan fingerprint density at radius 3 is 2.55 bits per heavy atom. The molecule has 1 aromatic heterocycles. The predicted molar refractivity (Wildman–Crippen MR) is 83.5 cm³/mol. The number of benzene rings is 1. The molecule has 5 heteroatoms. The fourth-order valence-corrected chi connectivity index (χ4v) is 2.68. The van der Waals surface area contributed by atoms with Crippen LogP contribution in [0.15, 0.2) is 24.3 Å². The average Bonchev–Trinajstić information content (AvgIpc) is 2.41. The second kappa shape index (κ2) is 6.53. The van der Waals surface area contributed by atoms with Crippen molar-refractivity contribution in [1.82, 2.24) is 15.5 Å². The number of nitrogens with zero attached hydrogens (tertiary/aromatic N) is 2. The molecule has 0 aliphatic rings. The van der Waals surface area contributed by atoms with E-state index in [-0.39, 0.29) is 6.04 Å². The van der Waals surface area contributed by atoms with Gasteiger partial charge in [-0.2, -0.15) is 10.2 Å². The Morgan fingerprint density at radius 1 is 1.15 bits per heavy atom. The third-order valence-electron chi connectivity index (χ3n) is 3.30. The highest BCUT2D eigenvalue weighted by atomic mass is 35.5. The first-order valence-electron chi connectivity index (χ1n) is 6.43. The number of rotatable bonds is 4. The molecule has 0 aliphatic heterocycles. The van der Waals surface area contributed by atoms with E-state index in [4.69, 9.17) is 23.2 Å². The summed E-state index contributed by atoms with van der Waals surface area (Å²) < 4.78 is 0. The lowest BCUT2D eigenvalue weighted by Gasteiger charge is -2.19. The Hall–Kier alpha value is -1.16. The highest BCUT2D eigenvalue weighted by Gasteiger charge is 2.16. The van der Waals surface area contributed by atoms with E-state index in [2.05, 4.69) is 21.6 Å². The van der Waals surface area contributed by atoms with Crippen LogP contribution in [-0.2, 0) is 6.42 Å². The standard InChI is InChI=1S/C15H17Cl2N3/c1-9-6-13(10(2)20-19-9)15(18-3)7-11-4-5-12(16)8-14(11)17/h4-6,8,15,18H,7H2,1-3H3. The van der Waals surface area contributed by atoms with E-state index < -0.39 is 0 Å². The minimum Gasteiger partial charge on any atom is -0.313 e. The van der Waals surface area contributed by atoms with Crippen LogP contribution in [0, 0.1) is 13.8 Å². The molecule has 2 rings (SSSR count). The van der Waals surface area contributed by atoms with E-state index in [0.717, 1.165) is 28.9 Å². The smallest absolute Gasteiger partial charge is 0.0648 e. The second-order valence-corrected chi connectivity index (χ2v) is 5.65. The molecule has 1 N–H and O–H groups in total. The zero-order chi connectivity index (χ0) is 14.7. The molecule has 106 valence electrons. The molecule has 2 aromatic rings. The van der Waals surface area contributed by atoms with Gasteiger partial charge in [-0.25, -0.2) is 0 Å². The molecule has 1 heterocycles. The minimum absolute atomic E-state index is 0.142. The van der Waals surface area contributed by atoms with E-state index in [1.54, 1.807) is 6.07 Å². The molecule has 0 radical (unpaired) electrons. The number of hydrogen-bond acceptors (Lipinski definition) is 3. The molecule has 0 saturated heterocycles. The van der Waals surface area contributed by atoms with Gasteiger partial charge < -0.3 is 5.32 Å². The summed E-state index contributed by atoms with van der Waals surface area (Å²) in [5.74, 6) is 0. The van der Waals surface area contributed by atoms with Crippen LogP contribution in [0.1, 0.15) is 28.6 Å². The zero-order valence-electron chi connectivity index (χ0n) is 11.7. The zero-order valence-corrected chi connectivity index (χ0v) is 13.3. The summed E-state index contributed by atoms with van der Waals surface area (Å²) in [7, 11) is 1.93. The quantitative estimate of drug-likeness (QED) is 0.930. The van der Waals surface area contributed by atoms with Crippen LogP contribution < -0.4 is 5.32 Å². The van der Waals surface area contributed by atoms with Gasteiger partial charge in [0.15, 0.2) is 0 Å². The van der Waals surface area contributed by atoms with Gasteiger partial charge in [-0.05, 0) is 56.6 Å². The molecule has 1 unspecified atom stereocenters. The molecule has 3 nitrogen and oxygen atoms in total. The largest absolute Gasteiger partial charge is 0.313 e. The van der Waals surface area contributed by atoms with Gasteiger partial charge >= 0.3 is 0 Å². The molecule has 1 aromatic carbocycles. The van der Waals surface area contributed by atoms with Gasteiger partial charge in [-0.15, -0.1) is 0 Å². The maximum atomic E-state index is 6.25. The molecule has 1 atom stereocenters. The number of nitrogens with one attached hydrogen (secondary N) is 1. The average molecular weight is 310 g/mol. The van der Waals surface area contributed by atoms with Crippen molar-refractivity contribution in [2.75, 3.05) is 7.05 Å². The van der Waals surface area contributed by atoms with Gasteiger partial charge in [0.2, 0.25) is 0 Å². The van der Waals surface area contributed by atoms with Gasteiger partial charge in [0.05, 0.1) is 11.4 Å². The van der Waals surface area contributed by atoms with Crippen LogP contribution >= 0.6 is 23.2 Å². The Morgan fingerprint density at radius 2 is 1.90 bits per heavy atom. The van der Waals surface area contributed by atoms with E-state index in [1.807, 2.05) is 33.0 Å². The molecule has 20 heavy (non-hydrogen) atoms. The number of hydrogen-bond donors (Lipinski definition) is 1. The molecule has 0 bridgehead atoms. The van der Waals surface area contributed by atoms with Crippen molar-refractivity contribution in [3.8, 4) is 0 Å². The van der Waals surface area contributed by atoms with Crippen molar-refractivity contribution in [2.24, 2.45) is 0 Å². The normalized spacial score (nSPS) is 12.4. The molecular formula is C15H17Cl2N3. The first kappa shape index (κ1) is 15.2. The third-order valence-corrected chi connectivity index (χ3v) is 3.89. The first-order chi connectivity index (χ1) is 9.51. The van der Waals surface area contributed by atoms with Crippen molar-refractivity contribution in [3.63, 3.8) is 0 Å². The van der Waals surface area contributed by atoms with Crippen LogP contribution in [0.2, 0.25) is 10.0 Å². The fraction of sp³-hybridized carbons (Fsp3) is 0.333. The van der Waals surface area contributed by atoms with E-state index in [9.17, 15) is 0 Å². The van der Waals surface area contributed by atoms with Crippen LogP contribution in [0.4, 0.5) is 0 Å². The summed E-state index contributed by atoms with van der Waals surface area (Å²) >= 11 is 12.2. The molecule has 0 spiro atoms. The molecular weight excluding hydrogens is 293 g/mol. The predicted octanol–water partition coefficient (Wildman–Crippen LogP) is 3.90. The SMILES string of the molecule is CNC(Cc1ccc(Cl)cc1Cl)c1cc(C)nnc1C. The van der Waals surface area contributed by atoms with Gasteiger partial charge in [-0.3, -0.25) is 0 Å². The topological polar surface area (TPSA) is 37.8 Å². The molecule has 0 amide bonds. The van der Waals surface area contributed by atoms with Crippen LogP contribution in [0.5, 0.6) is 0 Å². The van der Waals surface area contributed by atoms with Crippen molar-refractivity contribution < 1.29 is 0 Å². The Labute approximate surface area is 129 Å². The number of likely N-dealkylation sites (N-methyl/N-ethyl adjacent to an activating group) is 1. The second-order valence-electron chi connectivity index (χ2n) is 4.81. The van der Waals surface area contributed by atoms with E-state index in [1.165, 1.54) is 0 Å². The minimum atomic E-state index is 0.142. The lowest BCUT2D eigenvalue weighted by atomic mass is 9.98. The summed E-state index contributed by atoms with van der Waals surface area (Å²) in [5.41, 5.74) is 4.04. The van der Waals surface area contributed by atoms with Crippen LogP contribution in [-0.4, -0.2) is 17.2 Å². The third kappa shape index (κ3) is 3.48. The summed E-state index contributed by atoms with van der Waals surface area (Å²) in [6.45, 7) is 3.91. The van der Waals surface area contributed by atoms with Crippen molar-refractivity contribution in [1.29, 1.82) is 0 Å². The number of halogens is 2. The van der Waals surface area contributed by atoms with Crippen LogP contribution in [0.25, 0.3) is 0 Å². The Bertz CT molecular complexity index is 614. The van der Waals surface area contributed by atoms with Gasteiger partial charge in [0, 0.05) is 16.1 Å². The number of aromatic nitrogens is 2. The summed E-state index contributed by atoms with van der Waals surface area (Å²) in [4.78, 5) is 0.